The van der Waals surface area contributed by atoms with Gasteiger partial charge < -0.3 is 21.3 Å². The highest BCUT2D eigenvalue weighted by Gasteiger charge is 2.45. The molecule has 3 fully saturated rings. The Morgan fingerprint density at radius 2 is 2.18 bits per heavy atom. The molecule has 1 spiro atoms. The third-order valence-corrected chi connectivity index (χ3v) is 4.88. The SMILES string of the molecule is C=CN/C=C(\N)CC1NC2(CCN(CC3CC3)CC2)NC1=O. The number of carbonyl (C=O) groups excluding carboxylic acids is 1. The van der Waals surface area contributed by atoms with Gasteiger partial charge in [-0.2, -0.15) is 0 Å². The van der Waals surface area contributed by atoms with E-state index in [4.69, 9.17) is 5.73 Å². The van der Waals surface area contributed by atoms with Crippen LogP contribution in [0.15, 0.2) is 24.7 Å². The lowest BCUT2D eigenvalue weighted by molar-refractivity contribution is -0.121. The van der Waals surface area contributed by atoms with Crippen LogP contribution in [0.3, 0.4) is 0 Å². The normalized spacial score (nSPS) is 28.6. The summed E-state index contributed by atoms with van der Waals surface area (Å²) in [6, 6.07) is -0.238. The van der Waals surface area contributed by atoms with Crippen molar-refractivity contribution in [2.24, 2.45) is 11.7 Å². The van der Waals surface area contributed by atoms with Gasteiger partial charge in [0.15, 0.2) is 0 Å². The average Bonchev–Trinajstić information content (AvgIpc) is 3.26. The van der Waals surface area contributed by atoms with E-state index in [9.17, 15) is 4.79 Å². The van der Waals surface area contributed by atoms with Gasteiger partial charge in [-0.15, -0.1) is 0 Å². The number of hydrogen-bond acceptors (Lipinski definition) is 5. The number of nitrogens with zero attached hydrogens (tertiary/aromatic N) is 1. The Hall–Kier alpha value is -1.53. The lowest BCUT2D eigenvalue weighted by atomic mass is 9.97. The van der Waals surface area contributed by atoms with Gasteiger partial charge in [-0.1, -0.05) is 6.58 Å². The number of piperidine rings is 1. The summed E-state index contributed by atoms with van der Waals surface area (Å²) < 4.78 is 0. The Balaban J connectivity index is 1.51. The minimum atomic E-state index is -0.238. The summed E-state index contributed by atoms with van der Waals surface area (Å²) in [5.74, 6) is 0.987. The van der Waals surface area contributed by atoms with Crippen molar-refractivity contribution in [3.05, 3.63) is 24.7 Å². The van der Waals surface area contributed by atoms with Gasteiger partial charge in [-0.3, -0.25) is 10.1 Å². The molecule has 2 aliphatic heterocycles. The molecule has 2 heterocycles. The molecule has 1 atom stereocenters. The number of hydrogen-bond donors (Lipinski definition) is 4. The zero-order valence-corrected chi connectivity index (χ0v) is 13.1. The maximum Gasteiger partial charge on any atom is 0.239 e. The van der Waals surface area contributed by atoms with Crippen molar-refractivity contribution in [1.29, 1.82) is 0 Å². The van der Waals surface area contributed by atoms with Gasteiger partial charge in [0, 0.05) is 38.0 Å². The summed E-state index contributed by atoms with van der Waals surface area (Å²) in [5.41, 5.74) is 6.35. The summed E-state index contributed by atoms with van der Waals surface area (Å²) in [6.07, 6.45) is 8.48. The first kappa shape index (κ1) is 15.4. The molecule has 5 N–H and O–H groups in total. The standard InChI is InChI=1S/C16H27N5O/c1-2-18-10-13(17)9-14-15(22)20-16(19-14)5-7-21(8-6-16)11-12-3-4-12/h2,10,12,14,18-19H,1,3-9,11,17H2,(H,20,22)/b13-10-. The van der Waals surface area contributed by atoms with E-state index < -0.39 is 0 Å². The highest BCUT2D eigenvalue weighted by Crippen LogP contribution is 2.32. The van der Waals surface area contributed by atoms with Gasteiger partial charge in [0.1, 0.15) is 0 Å². The van der Waals surface area contributed by atoms with Gasteiger partial charge >= 0.3 is 0 Å². The Morgan fingerprint density at radius 3 is 2.82 bits per heavy atom. The third kappa shape index (κ3) is 3.62. The summed E-state index contributed by atoms with van der Waals surface area (Å²) in [5, 5.41) is 9.51. The van der Waals surface area contributed by atoms with E-state index in [2.05, 4.69) is 27.4 Å². The molecule has 0 aromatic carbocycles. The fourth-order valence-corrected chi connectivity index (χ4v) is 3.41. The Morgan fingerprint density at radius 1 is 1.45 bits per heavy atom. The third-order valence-electron chi connectivity index (χ3n) is 4.88. The van der Waals surface area contributed by atoms with Crippen LogP contribution in [0.5, 0.6) is 0 Å². The molecule has 1 amide bonds. The molecular formula is C16H27N5O. The molecule has 6 heteroatoms. The van der Waals surface area contributed by atoms with Crippen LogP contribution in [0.2, 0.25) is 0 Å². The molecule has 0 aromatic rings. The van der Waals surface area contributed by atoms with Crippen molar-refractivity contribution >= 4 is 5.91 Å². The number of nitrogens with one attached hydrogen (secondary N) is 3. The van der Waals surface area contributed by atoms with E-state index in [0.29, 0.717) is 12.1 Å². The molecule has 3 rings (SSSR count). The lowest BCUT2D eigenvalue weighted by Crippen LogP contribution is -2.57. The number of carbonyl (C=O) groups is 1. The highest BCUT2D eigenvalue weighted by molar-refractivity contribution is 5.85. The quantitative estimate of drug-likeness (QED) is 0.563. The number of nitrogens with two attached hydrogens (primary N) is 1. The van der Waals surface area contributed by atoms with Crippen molar-refractivity contribution in [3.63, 3.8) is 0 Å². The topological polar surface area (TPSA) is 82.4 Å². The summed E-state index contributed by atoms with van der Waals surface area (Å²) >= 11 is 0. The second-order valence-corrected chi connectivity index (χ2v) is 6.81. The van der Waals surface area contributed by atoms with Crippen LogP contribution in [-0.2, 0) is 4.79 Å². The van der Waals surface area contributed by atoms with Crippen LogP contribution >= 0.6 is 0 Å². The second kappa shape index (κ2) is 6.30. The molecule has 0 radical (unpaired) electrons. The number of amides is 1. The van der Waals surface area contributed by atoms with Gasteiger partial charge in [-0.25, -0.2) is 0 Å². The minimum absolute atomic E-state index is 0.0607. The first-order valence-electron chi connectivity index (χ1n) is 8.24. The van der Waals surface area contributed by atoms with Crippen molar-refractivity contribution in [3.8, 4) is 0 Å². The van der Waals surface area contributed by atoms with Crippen LogP contribution in [-0.4, -0.2) is 42.1 Å². The van der Waals surface area contributed by atoms with E-state index in [0.717, 1.165) is 31.8 Å². The smallest absolute Gasteiger partial charge is 0.239 e. The molecule has 3 aliphatic rings. The van der Waals surface area contributed by atoms with E-state index >= 15 is 0 Å². The summed E-state index contributed by atoms with van der Waals surface area (Å²) in [6.45, 7) is 6.91. The van der Waals surface area contributed by atoms with Crippen LogP contribution < -0.4 is 21.7 Å². The molecule has 6 nitrogen and oxygen atoms in total. The molecule has 1 unspecified atom stereocenters. The number of likely N-dealkylation sites (tertiary alicyclic amines) is 1. The molecule has 22 heavy (non-hydrogen) atoms. The maximum absolute atomic E-state index is 12.2. The molecule has 0 bridgehead atoms. The lowest BCUT2D eigenvalue weighted by Gasteiger charge is -2.39. The van der Waals surface area contributed by atoms with Crippen molar-refractivity contribution in [2.75, 3.05) is 19.6 Å². The molecule has 1 aliphatic carbocycles. The van der Waals surface area contributed by atoms with Gasteiger partial charge in [0.2, 0.25) is 5.91 Å². The van der Waals surface area contributed by atoms with Gasteiger partial charge in [0.25, 0.3) is 0 Å². The Labute approximate surface area is 132 Å². The Bertz CT molecular complexity index is 463. The minimum Gasteiger partial charge on any atom is -0.401 e. The first-order valence-corrected chi connectivity index (χ1v) is 8.24. The van der Waals surface area contributed by atoms with E-state index in [1.807, 2.05) is 0 Å². The zero-order valence-electron chi connectivity index (χ0n) is 13.1. The molecule has 2 saturated heterocycles. The fraction of sp³-hybridized carbons (Fsp3) is 0.688. The second-order valence-electron chi connectivity index (χ2n) is 6.81. The zero-order chi connectivity index (χ0) is 15.6. The van der Waals surface area contributed by atoms with E-state index in [1.54, 1.807) is 12.4 Å². The van der Waals surface area contributed by atoms with Crippen LogP contribution in [0.4, 0.5) is 0 Å². The van der Waals surface area contributed by atoms with Crippen molar-refractivity contribution < 1.29 is 4.79 Å². The van der Waals surface area contributed by atoms with E-state index in [1.165, 1.54) is 19.4 Å². The van der Waals surface area contributed by atoms with Crippen LogP contribution in [0.25, 0.3) is 0 Å². The predicted molar refractivity (Wildman–Crippen MR) is 86.4 cm³/mol. The first-order chi connectivity index (χ1) is 10.6. The molecule has 0 aromatic heterocycles. The summed E-state index contributed by atoms with van der Waals surface area (Å²) in [7, 11) is 0. The van der Waals surface area contributed by atoms with Crippen molar-refractivity contribution in [2.45, 2.75) is 43.8 Å². The van der Waals surface area contributed by atoms with Gasteiger partial charge in [-0.05, 0) is 37.8 Å². The highest BCUT2D eigenvalue weighted by atomic mass is 16.2. The number of rotatable bonds is 6. The fourth-order valence-electron chi connectivity index (χ4n) is 3.41. The predicted octanol–water partition coefficient (Wildman–Crippen LogP) is 0.200. The van der Waals surface area contributed by atoms with Crippen LogP contribution in [0, 0.1) is 5.92 Å². The molecule has 122 valence electrons. The monoisotopic (exact) mass is 305 g/mol. The summed E-state index contributed by atoms with van der Waals surface area (Å²) in [4.78, 5) is 14.7. The van der Waals surface area contributed by atoms with Crippen LogP contribution in [0.1, 0.15) is 32.1 Å². The average molecular weight is 305 g/mol. The van der Waals surface area contributed by atoms with Crippen molar-refractivity contribution in [1.82, 2.24) is 20.9 Å². The molecular weight excluding hydrogens is 278 g/mol. The van der Waals surface area contributed by atoms with Gasteiger partial charge in [0.05, 0.1) is 11.7 Å². The Kier molecular flexibility index (Phi) is 4.40. The largest absolute Gasteiger partial charge is 0.401 e. The van der Waals surface area contributed by atoms with E-state index in [-0.39, 0.29) is 17.6 Å². The molecule has 1 saturated carbocycles. The maximum atomic E-state index is 12.2.